The van der Waals surface area contributed by atoms with Crippen molar-refractivity contribution in [1.82, 2.24) is 10.4 Å². The molecule has 2 N–H and O–H groups in total. The Morgan fingerprint density at radius 1 is 0.900 bits per heavy atom. The van der Waals surface area contributed by atoms with E-state index in [1.165, 1.54) is 0 Å². The largest absolute Gasteiger partial charge is 0.467 e. The second-order valence-corrected chi connectivity index (χ2v) is 5.62. The van der Waals surface area contributed by atoms with E-state index in [1.54, 1.807) is 0 Å². The van der Waals surface area contributed by atoms with Gasteiger partial charge in [-0.1, -0.05) is 0 Å². The molecule has 1 atom stereocenters. The van der Waals surface area contributed by atoms with Crippen LogP contribution in [-0.2, 0) is 19.1 Å². The number of carbonyl (C=O) groups is 3. The molecule has 0 aromatic carbocycles. The molecule has 0 aromatic heterocycles. The van der Waals surface area contributed by atoms with Gasteiger partial charge in [-0.05, 0) is 19.3 Å². The Kier molecular flexibility index (Phi) is 8.90. The number of rotatable bonds is 9. The van der Waals surface area contributed by atoms with Crippen LogP contribution in [0.25, 0.3) is 0 Å². The standard InChI is InChI=1S/C13H14F10N2O5/c1-30-7(26)6(24-8(27)10(14,15)12(18,19)20)4-2-3-5-25(29)9(28)11(16,17)13(21,22)23/h6,29H,2-5H2,1H3,(H,24,27)/t6-/m0/s1. The highest BCUT2D eigenvalue weighted by molar-refractivity contribution is 5.89. The topological polar surface area (TPSA) is 95.9 Å². The van der Waals surface area contributed by atoms with Crippen LogP contribution in [0.5, 0.6) is 0 Å². The summed E-state index contributed by atoms with van der Waals surface area (Å²) < 4.78 is 128. The van der Waals surface area contributed by atoms with Crippen LogP contribution in [-0.4, -0.2) is 71.9 Å². The molecule has 30 heavy (non-hydrogen) atoms. The van der Waals surface area contributed by atoms with Crippen molar-refractivity contribution < 1.29 is 68.2 Å². The van der Waals surface area contributed by atoms with Crippen molar-refractivity contribution in [3.05, 3.63) is 0 Å². The number of alkyl halides is 10. The van der Waals surface area contributed by atoms with Gasteiger partial charge in [-0.25, -0.2) is 9.86 Å². The van der Waals surface area contributed by atoms with Gasteiger partial charge in [0.2, 0.25) is 0 Å². The van der Waals surface area contributed by atoms with E-state index in [0.29, 0.717) is 7.11 Å². The number of hydrogen-bond acceptors (Lipinski definition) is 5. The SMILES string of the molecule is COC(=O)[C@H](CCCCN(O)C(=O)C(F)(F)C(F)(F)F)NC(=O)C(F)(F)C(F)(F)F. The summed E-state index contributed by atoms with van der Waals surface area (Å²) in [5.74, 6) is -19.2. The first-order valence-electron chi connectivity index (χ1n) is 7.59. The van der Waals surface area contributed by atoms with Gasteiger partial charge in [0.15, 0.2) is 0 Å². The molecule has 0 aliphatic carbocycles. The minimum atomic E-state index is -6.30. The molecule has 176 valence electrons. The zero-order valence-electron chi connectivity index (χ0n) is 14.7. The lowest BCUT2D eigenvalue weighted by atomic mass is 10.1. The number of ether oxygens (including phenoxy) is 1. The lowest BCUT2D eigenvalue weighted by Gasteiger charge is -2.24. The number of methoxy groups -OCH3 is 1. The number of amides is 2. The Hall–Kier alpha value is -2.33. The van der Waals surface area contributed by atoms with Gasteiger partial charge in [-0.2, -0.15) is 43.9 Å². The van der Waals surface area contributed by atoms with Crippen molar-refractivity contribution in [2.24, 2.45) is 0 Å². The highest BCUT2D eigenvalue weighted by Crippen LogP contribution is 2.37. The average molecular weight is 468 g/mol. The van der Waals surface area contributed by atoms with E-state index in [4.69, 9.17) is 5.21 Å². The number of nitrogens with zero attached hydrogens (tertiary/aromatic N) is 1. The molecule has 0 heterocycles. The summed E-state index contributed by atoms with van der Waals surface area (Å²) in [5, 5.41) is 9.10. The molecule has 0 aliphatic rings. The minimum absolute atomic E-state index is 0.514. The van der Waals surface area contributed by atoms with Gasteiger partial charge in [0.25, 0.3) is 0 Å². The highest BCUT2D eigenvalue weighted by Gasteiger charge is 2.65. The number of unbranched alkanes of at least 4 members (excludes halogenated alkanes) is 1. The number of hydroxylamine groups is 2. The van der Waals surface area contributed by atoms with Crippen LogP contribution in [0.4, 0.5) is 43.9 Å². The molecule has 0 radical (unpaired) electrons. The van der Waals surface area contributed by atoms with Gasteiger partial charge in [-0.15, -0.1) is 0 Å². The second-order valence-electron chi connectivity index (χ2n) is 5.62. The molecule has 0 unspecified atom stereocenters. The Labute approximate surface area is 160 Å². The fraction of sp³-hybridized carbons (Fsp3) is 0.769. The molecule has 0 fully saturated rings. The molecule has 0 spiro atoms. The van der Waals surface area contributed by atoms with E-state index in [-0.39, 0.29) is 0 Å². The molecule has 0 aromatic rings. The molecule has 0 bridgehead atoms. The van der Waals surface area contributed by atoms with Gasteiger partial charge in [0.1, 0.15) is 6.04 Å². The van der Waals surface area contributed by atoms with Crippen LogP contribution < -0.4 is 5.32 Å². The van der Waals surface area contributed by atoms with Crippen LogP contribution in [0, 0.1) is 0 Å². The number of nitrogens with one attached hydrogen (secondary N) is 1. The molecular formula is C13H14F10N2O5. The van der Waals surface area contributed by atoms with E-state index < -0.39 is 78.9 Å². The van der Waals surface area contributed by atoms with Crippen LogP contribution in [0.1, 0.15) is 19.3 Å². The summed E-state index contributed by atoms with van der Waals surface area (Å²) in [6.07, 6.45) is -14.5. The second kappa shape index (κ2) is 9.65. The van der Waals surface area contributed by atoms with Crippen molar-refractivity contribution in [3.63, 3.8) is 0 Å². The summed E-state index contributed by atoms with van der Waals surface area (Å²) in [6.45, 7) is -1.15. The predicted octanol–water partition coefficient (Wildman–Crippen LogP) is 2.43. The fourth-order valence-electron chi connectivity index (χ4n) is 1.76. The fourth-order valence-corrected chi connectivity index (χ4v) is 1.76. The summed E-state index contributed by atoms with van der Waals surface area (Å²) in [5.41, 5.74) is 0. The minimum Gasteiger partial charge on any atom is -0.467 e. The normalized spacial score (nSPS) is 14.1. The van der Waals surface area contributed by atoms with Gasteiger partial charge in [0, 0.05) is 6.54 Å². The Morgan fingerprint density at radius 2 is 1.37 bits per heavy atom. The molecular weight excluding hydrogens is 454 g/mol. The lowest BCUT2D eigenvalue weighted by Crippen LogP contribution is -2.54. The van der Waals surface area contributed by atoms with Gasteiger partial charge in [-0.3, -0.25) is 14.8 Å². The highest BCUT2D eigenvalue weighted by atomic mass is 19.4. The maximum atomic E-state index is 12.9. The van der Waals surface area contributed by atoms with E-state index in [9.17, 15) is 58.3 Å². The monoisotopic (exact) mass is 468 g/mol. The Bertz CT molecular complexity index is 635. The molecule has 2 amide bonds. The van der Waals surface area contributed by atoms with Crippen molar-refractivity contribution >= 4 is 17.8 Å². The summed E-state index contributed by atoms with van der Waals surface area (Å²) in [6, 6.07) is -2.07. The summed E-state index contributed by atoms with van der Waals surface area (Å²) in [4.78, 5) is 33.4. The molecule has 0 aliphatic heterocycles. The smallest absolute Gasteiger partial charge is 0.463 e. The molecule has 0 saturated carbocycles. The summed E-state index contributed by atoms with van der Waals surface area (Å²) >= 11 is 0. The molecule has 0 saturated heterocycles. The quantitative estimate of drug-likeness (QED) is 0.178. The first kappa shape index (κ1) is 27.7. The van der Waals surface area contributed by atoms with Crippen LogP contribution >= 0.6 is 0 Å². The number of esters is 1. The third-order valence-electron chi connectivity index (χ3n) is 3.40. The number of carbonyl (C=O) groups excluding carboxylic acids is 3. The van der Waals surface area contributed by atoms with Crippen LogP contribution in [0.2, 0.25) is 0 Å². The number of halogens is 10. The van der Waals surface area contributed by atoms with E-state index in [1.807, 2.05) is 0 Å². The van der Waals surface area contributed by atoms with Crippen molar-refractivity contribution in [3.8, 4) is 0 Å². The lowest BCUT2D eigenvalue weighted by molar-refractivity contribution is -0.285. The van der Waals surface area contributed by atoms with Gasteiger partial charge < -0.3 is 10.1 Å². The molecule has 7 nitrogen and oxygen atoms in total. The van der Waals surface area contributed by atoms with Gasteiger partial charge >= 0.3 is 42.0 Å². The zero-order valence-corrected chi connectivity index (χ0v) is 14.7. The van der Waals surface area contributed by atoms with E-state index in [2.05, 4.69) is 4.74 Å². The Balaban J connectivity index is 4.91. The predicted molar refractivity (Wildman–Crippen MR) is 73.3 cm³/mol. The Morgan fingerprint density at radius 3 is 1.77 bits per heavy atom. The maximum Gasteiger partial charge on any atom is 0.463 e. The van der Waals surface area contributed by atoms with Crippen molar-refractivity contribution in [1.29, 1.82) is 0 Å². The zero-order chi connectivity index (χ0) is 24.1. The van der Waals surface area contributed by atoms with Crippen molar-refractivity contribution in [2.45, 2.75) is 49.5 Å². The third kappa shape index (κ3) is 6.60. The van der Waals surface area contributed by atoms with Gasteiger partial charge in [0.05, 0.1) is 7.11 Å². The molecule has 17 heteroatoms. The van der Waals surface area contributed by atoms with Crippen molar-refractivity contribution in [2.75, 3.05) is 13.7 Å². The van der Waals surface area contributed by atoms with E-state index in [0.717, 1.165) is 5.32 Å². The third-order valence-corrected chi connectivity index (χ3v) is 3.40. The molecule has 0 rings (SSSR count). The van der Waals surface area contributed by atoms with Crippen LogP contribution in [0.3, 0.4) is 0 Å². The first-order chi connectivity index (χ1) is 13.3. The van der Waals surface area contributed by atoms with E-state index >= 15 is 0 Å². The maximum absolute atomic E-state index is 12.9. The number of hydrogen-bond donors (Lipinski definition) is 2. The average Bonchev–Trinajstić information content (AvgIpc) is 2.60. The van der Waals surface area contributed by atoms with Crippen LogP contribution in [0.15, 0.2) is 0 Å². The summed E-state index contributed by atoms with van der Waals surface area (Å²) in [7, 11) is 0.691. The first-order valence-corrected chi connectivity index (χ1v) is 7.59.